The zero-order chi connectivity index (χ0) is 20.5. The number of esters is 1. The van der Waals surface area contributed by atoms with E-state index in [1.165, 1.54) is 25.3 Å². The maximum Gasteiger partial charge on any atom is 0.336 e. The van der Waals surface area contributed by atoms with Gasteiger partial charge in [0.2, 0.25) is 0 Å². The molecule has 0 saturated carbocycles. The molecule has 0 saturated heterocycles. The van der Waals surface area contributed by atoms with Gasteiger partial charge in [0.25, 0.3) is 0 Å². The molecule has 0 fully saturated rings. The summed E-state index contributed by atoms with van der Waals surface area (Å²) in [6.45, 7) is 4.47. The topological polar surface area (TPSA) is 77.8 Å². The number of ether oxygens (including phenoxy) is 4. The Balaban J connectivity index is 2.19. The molecule has 0 heterocycles. The Morgan fingerprint density at radius 1 is 1.11 bits per heavy atom. The number of halogens is 1. The molecule has 146 valence electrons. The summed E-state index contributed by atoms with van der Waals surface area (Å²) in [5, 5.41) is 9.35. The molecule has 0 atom stereocenters. The average molecular weight is 402 g/mol. The summed E-state index contributed by atoms with van der Waals surface area (Å²) < 4.78 is 21.5. The number of carbonyl (C=O) groups is 1. The highest BCUT2D eigenvalue weighted by Gasteiger charge is 2.12. The number of nitrogens with zero attached hydrogens (tertiary/aromatic N) is 1. The molecule has 6 nitrogen and oxygen atoms in total. The van der Waals surface area contributed by atoms with Gasteiger partial charge in [0, 0.05) is 12.1 Å². The molecule has 2 rings (SSSR count). The highest BCUT2D eigenvalue weighted by molar-refractivity contribution is 6.32. The second kappa shape index (κ2) is 10.2. The van der Waals surface area contributed by atoms with Crippen molar-refractivity contribution in [2.45, 2.75) is 13.8 Å². The molecule has 2 aromatic rings. The maximum absolute atomic E-state index is 12.2. The maximum atomic E-state index is 12.2. The van der Waals surface area contributed by atoms with Crippen LogP contribution in [0, 0.1) is 11.3 Å². The molecule has 28 heavy (non-hydrogen) atoms. The summed E-state index contributed by atoms with van der Waals surface area (Å²) in [7, 11) is 1.50. The van der Waals surface area contributed by atoms with E-state index in [0.717, 1.165) is 0 Å². The van der Waals surface area contributed by atoms with Crippen molar-refractivity contribution in [2.24, 2.45) is 0 Å². The first-order valence-corrected chi connectivity index (χ1v) is 8.97. The van der Waals surface area contributed by atoms with Crippen molar-refractivity contribution in [1.82, 2.24) is 0 Å². The van der Waals surface area contributed by atoms with E-state index in [-0.39, 0.29) is 5.75 Å². The van der Waals surface area contributed by atoms with Gasteiger partial charge in [-0.1, -0.05) is 11.6 Å². The van der Waals surface area contributed by atoms with Crippen molar-refractivity contribution < 1.29 is 23.7 Å². The van der Waals surface area contributed by atoms with Crippen molar-refractivity contribution in [1.29, 1.82) is 5.26 Å². The smallest absolute Gasteiger partial charge is 0.336 e. The van der Waals surface area contributed by atoms with Crippen molar-refractivity contribution >= 4 is 23.6 Å². The Labute approximate surface area is 168 Å². The highest BCUT2D eigenvalue weighted by atomic mass is 35.5. The fourth-order valence-electron chi connectivity index (χ4n) is 2.38. The lowest BCUT2D eigenvalue weighted by Crippen LogP contribution is -2.06. The van der Waals surface area contributed by atoms with Gasteiger partial charge in [-0.05, 0) is 49.8 Å². The van der Waals surface area contributed by atoms with Crippen LogP contribution in [-0.2, 0) is 4.79 Å². The minimum Gasteiger partial charge on any atom is -0.491 e. The third-order valence-electron chi connectivity index (χ3n) is 3.53. The summed E-state index contributed by atoms with van der Waals surface area (Å²) in [5.41, 5.74) is 1.06. The Bertz CT molecular complexity index is 918. The molecule has 2 aromatic carbocycles. The van der Waals surface area contributed by atoms with Crippen LogP contribution in [0.4, 0.5) is 0 Å². The highest BCUT2D eigenvalue weighted by Crippen LogP contribution is 2.36. The van der Waals surface area contributed by atoms with E-state index in [1.807, 2.05) is 13.0 Å². The molecule has 0 aromatic heterocycles. The van der Waals surface area contributed by atoms with Crippen LogP contribution < -0.4 is 18.9 Å². The number of hydrogen-bond acceptors (Lipinski definition) is 6. The normalized spacial score (nSPS) is 10.4. The lowest BCUT2D eigenvalue weighted by molar-refractivity contribution is -0.129. The molecule has 0 radical (unpaired) electrons. The van der Waals surface area contributed by atoms with Gasteiger partial charge in [-0.15, -0.1) is 0 Å². The fourth-order valence-corrected chi connectivity index (χ4v) is 2.68. The first-order valence-electron chi connectivity index (χ1n) is 8.59. The molecule has 0 aliphatic carbocycles. The fraction of sp³-hybridized carbons (Fsp3) is 0.238. The molecular weight excluding hydrogens is 382 g/mol. The van der Waals surface area contributed by atoms with Crippen molar-refractivity contribution in [2.75, 3.05) is 20.3 Å². The third-order valence-corrected chi connectivity index (χ3v) is 3.81. The summed E-state index contributed by atoms with van der Waals surface area (Å²) in [6, 6.07) is 9.97. The van der Waals surface area contributed by atoms with Gasteiger partial charge in [0.1, 0.15) is 0 Å². The van der Waals surface area contributed by atoms with Crippen molar-refractivity contribution in [3.8, 4) is 29.1 Å². The summed E-state index contributed by atoms with van der Waals surface area (Å²) in [5.74, 6) is 0.877. The molecule has 7 heteroatoms. The quantitative estimate of drug-likeness (QED) is 0.364. The number of benzene rings is 2. The van der Waals surface area contributed by atoms with E-state index in [4.69, 9.17) is 35.8 Å². The molecule has 0 amide bonds. The lowest BCUT2D eigenvalue weighted by Gasteiger charge is -2.12. The van der Waals surface area contributed by atoms with Gasteiger partial charge < -0.3 is 18.9 Å². The Kier molecular flexibility index (Phi) is 7.73. The molecule has 0 unspecified atom stereocenters. The minimum absolute atomic E-state index is 0.235. The molecular formula is C21H20ClNO5. The van der Waals surface area contributed by atoms with Gasteiger partial charge in [-0.2, -0.15) is 5.26 Å². The molecule has 0 aliphatic rings. The molecule has 0 spiro atoms. The SMILES string of the molecule is CCOc1cc(C#N)ccc1OC(=O)/C=C/c1cc(Cl)c(OC)c(OCC)c1. The van der Waals surface area contributed by atoms with E-state index in [1.54, 1.807) is 31.2 Å². The van der Waals surface area contributed by atoms with Crippen LogP contribution in [-0.4, -0.2) is 26.3 Å². The van der Waals surface area contributed by atoms with E-state index in [9.17, 15) is 4.79 Å². The Hall–Kier alpha value is -3.17. The zero-order valence-corrected chi connectivity index (χ0v) is 16.6. The third kappa shape index (κ3) is 5.41. The first kappa shape index (κ1) is 21.1. The van der Waals surface area contributed by atoms with E-state index in [2.05, 4.69) is 0 Å². The largest absolute Gasteiger partial charge is 0.491 e. The number of carbonyl (C=O) groups excluding carboxylic acids is 1. The average Bonchev–Trinajstić information content (AvgIpc) is 2.68. The van der Waals surface area contributed by atoms with Crippen LogP contribution in [0.5, 0.6) is 23.0 Å². The van der Waals surface area contributed by atoms with E-state index >= 15 is 0 Å². The van der Waals surface area contributed by atoms with Crippen LogP contribution in [0.15, 0.2) is 36.4 Å². The van der Waals surface area contributed by atoms with Crippen LogP contribution in [0.3, 0.4) is 0 Å². The predicted molar refractivity (Wildman–Crippen MR) is 106 cm³/mol. The van der Waals surface area contributed by atoms with Crippen LogP contribution >= 0.6 is 11.6 Å². The van der Waals surface area contributed by atoms with Crippen molar-refractivity contribution in [3.05, 3.63) is 52.6 Å². The van der Waals surface area contributed by atoms with Gasteiger partial charge in [0.05, 0.1) is 37.0 Å². The zero-order valence-electron chi connectivity index (χ0n) is 15.8. The Morgan fingerprint density at radius 2 is 1.82 bits per heavy atom. The molecule has 0 aliphatic heterocycles. The summed E-state index contributed by atoms with van der Waals surface area (Å²) in [6.07, 6.45) is 2.82. The Morgan fingerprint density at radius 3 is 2.46 bits per heavy atom. The molecule has 0 bridgehead atoms. The number of hydrogen-bond donors (Lipinski definition) is 0. The standard InChI is InChI=1S/C21H20ClNO5/c1-4-26-18-12-15(13-23)6-8-17(18)28-20(24)9-7-14-10-16(22)21(25-3)19(11-14)27-5-2/h6-12H,4-5H2,1-3H3/b9-7+. The van der Waals surface area contributed by atoms with Crippen LogP contribution in [0.2, 0.25) is 5.02 Å². The minimum atomic E-state index is -0.601. The van der Waals surface area contributed by atoms with Crippen molar-refractivity contribution in [3.63, 3.8) is 0 Å². The first-order chi connectivity index (χ1) is 13.5. The number of nitriles is 1. The number of methoxy groups -OCH3 is 1. The second-order valence-electron chi connectivity index (χ2n) is 5.43. The number of rotatable bonds is 8. The van der Waals surface area contributed by atoms with Gasteiger partial charge in [-0.25, -0.2) is 4.79 Å². The van der Waals surface area contributed by atoms with Gasteiger partial charge >= 0.3 is 5.97 Å². The second-order valence-corrected chi connectivity index (χ2v) is 5.84. The molecule has 0 N–H and O–H groups in total. The van der Waals surface area contributed by atoms with Gasteiger partial charge in [0.15, 0.2) is 23.0 Å². The summed E-state index contributed by atoms with van der Waals surface area (Å²) >= 11 is 6.20. The lowest BCUT2D eigenvalue weighted by atomic mass is 10.2. The van der Waals surface area contributed by atoms with Gasteiger partial charge in [-0.3, -0.25) is 0 Å². The van der Waals surface area contributed by atoms with Crippen LogP contribution in [0.1, 0.15) is 25.0 Å². The van der Waals surface area contributed by atoms with E-state index < -0.39 is 5.97 Å². The van der Waals surface area contributed by atoms with Crippen LogP contribution in [0.25, 0.3) is 6.08 Å². The summed E-state index contributed by atoms with van der Waals surface area (Å²) in [4.78, 5) is 12.2. The predicted octanol–water partition coefficient (Wildman–Crippen LogP) is 4.64. The van der Waals surface area contributed by atoms with E-state index in [0.29, 0.717) is 46.6 Å². The monoisotopic (exact) mass is 401 g/mol.